The van der Waals surface area contributed by atoms with E-state index in [2.05, 4.69) is 123 Å². The Labute approximate surface area is 404 Å². The van der Waals surface area contributed by atoms with E-state index in [1.807, 2.05) is 0 Å². The van der Waals surface area contributed by atoms with E-state index in [4.69, 9.17) is 18.5 Å². The minimum absolute atomic E-state index is 0.120. The summed E-state index contributed by atoms with van der Waals surface area (Å²) >= 11 is 0. The molecule has 0 radical (unpaired) electrons. The van der Waals surface area contributed by atoms with Gasteiger partial charge in [0.25, 0.3) is 0 Å². The molecule has 0 heterocycles. The van der Waals surface area contributed by atoms with Gasteiger partial charge in [0.1, 0.15) is 42.7 Å². The summed E-state index contributed by atoms with van der Waals surface area (Å²) in [6, 6.07) is 0. The van der Waals surface area contributed by atoms with E-state index in [9.17, 15) is 39.8 Å². The van der Waals surface area contributed by atoms with Gasteiger partial charge < -0.3 is 39.9 Å². The fraction of sp³-hybridized carbons (Fsp3) is 0.648. The maximum absolute atomic E-state index is 12.8. The Morgan fingerprint density at radius 1 is 0.493 bits per heavy atom. The highest BCUT2D eigenvalue weighted by Gasteiger charge is 2.51. The number of ether oxygens (including phenoxy) is 2. The molecular formula is C54H89O12P. The third-order valence-electron chi connectivity index (χ3n) is 10.9. The van der Waals surface area contributed by atoms with Gasteiger partial charge in [0.2, 0.25) is 0 Å². The predicted molar refractivity (Wildman–Crippen MR) is 271 cm³/mol. The molecule has 0 aromatic rings. The number of unbranched alkanes of at least 4 members (excludes halogenated alkanes) is 11. The maximum Gasteiger partial charge on any atom is 0.472 e. The molecule has 0 saturated heterocycles. The summed E-state index contributed by atoms with van der Waals surface area (Å²) in [6.45, 7) is 3.99. The predicted octanol–water partition coefficient (Wildman–Crippen LogP) is 11.3. The second-order valence-electron chi connectivity index (χ2n) is 16.9. The molecule has 0 aromatic heterocycles. The van der Waals surface area contributed by atoms with Gasteiger partial charge in [-0.3, -0.25) is 13.8 Å². The molecule has 1 rings (SSSR count). The summed E-state index contributed by atoms with van der Waals surface area (Å²) in [4.78, 5) is 23.2. The molecule has 1 aliphatic rings. The molecule has 1 fully saturated rings. The van der Waals surface area contributed by atoms with Gasteiger partial charge in [-0.1, -0.05) is 162 Å². The zero-order chi connectivity index (χ0) is 49.1. The molecule has 67 heavy (non-hydrogen) atoms. The zero-order valence-electron chi connectivity index (χ0n) is 40.9. The fourth-order valence-corrected chi connectivity index (χ4v) is 7.87. The second kappa shape index (κ2) is 43.1. The average molecular weight is 961 g/mol. The first-order valence-corrected chi connectivity index (χ1v) is 26.7. The lowest BCUT2D eigenvalue weighted by Gasteiger charge is -2.41. The number of carbonyl (C=O) groups is 1. The first kappa shape index (κ1) is 62.0. The normalized spacial score (nSPS) is 22.2. The maximum atomic E-state index is 12.8. The van der Waals surface area contributed by atoms with Crippen molar-refractivity contribution in [3.63, 3.8) is 0 Å². The molecule has 0 spiro atoms. The third kappa shape index (κ3) is 34.9. The Bertz CT molecular complexity index is 1520. The van der Waals surface area contributed by atoms with Crippen molar-refractivity contribution in [1.29, 1.82) is 0 Å². The molecule has 13 heteroatoms. The lowest BCUT2D eigenvalue weighted by atomic mass is 9.85. The minimum atomic E-state index is -5.05. The second-order valence-corrected chi connectivity index (χ2v) is 18.3. The molecular weight excluding hydrogens is 872 g/mol. The number of allylic oxidation sites excluding steroid dienone is 18. The van der Waals surface area contributed by atoms with Crippen LogP contribution in [-0.2, 0) is 27.9 Å². The van der Waals surface area contributed by atoms with Crippen molar-refractivity contribution in [2.45, 2.75) is 204 Å². The number of phosphoric acid groups is 1. The third-order valence-corrected chi connectivity index (χ3v) is 11.9. The molecule has 6 N–H and O–H groups in total. The van der Waals surface area contributed by atoms with Crippen LogP contribution in [0, 0.1) is 0 Å². The molecule has 0 aromatic carbocycles. The number of rotatable bonds is 41. The summed E-state index contributed by atoms with van der Waals surface area (Å²) in [5.41, 5.74) is 0. The molecule has 6 atom stereocenters. The molecule has 1 saturated carbocycles. The lowest BCUT2D eigenvalue weighted by molar-refractivity contribution is -0.220. The average Bonchev–Trinajstić information content (AvgIpc) is 3.31. The van der Waals surface area contributed by atoms with E-state index in [1.54, 1.807) is 0 Å². The molecule has 0 amide bonds. The van der Waals surface area contributed by atoms with Crippen LogP contribution in [0.4, 0.5) is 0 Å². The summed E-state index contributed by atoms with van der Waals surface area (Å²) in [5.74, 6) is -0.511. The van der Waals surface area contributed by atoms with Crippen molar-refractivity contribution in [2.24, 2.45) is 0 Å². The van der Waals surface area contributed by atoms with Gasteiger partial charge in [-0.25, -0.2) is 4.57 Å². The number of aliphatic hydroxyl groups excluding tert-OH is 5. The van der Waals surface area contributed by atoms with Gasteiger partial charge in [0.05, 0.1) is 13.2 Å². The highest BCUT2D eigenvalue weighted by atomic mass is 31.2. The minimum Gasteiger partial charge on any atom is -0.457 e. The first-order chi connectivity index (χ1) is 32.5. The SMILES string of the molecule is CC/C=C\C/C=C\C/C=C\C/C=C\C/C=C\C/C=C\C/C=C\CCCCOCC(COP(=O)(O)OC1C(O)C(O)C(O)C(O)C1O)OC(=O)CCCCCCC/C=C\C/C=C\CCCCCC. The van der Waals surface area contributed by atoms with Crippen molar-refractivity contribution in [1.82, 2.24) is 0 Å². The van der Waals surface area contributed by atoms with Crippen LogP contribution >= 0.6 is 7.82 Å². The van der Waals surface area contributed by atoms with E-state index in [0.29, 0.717) is 13.0 Å². The van der Waals surface area contributed by atoms with Crippen molar-refractivity contribution in [3.8, 4) is 0 Å². The van der Waals surface area contributed by atoms with Crippen molar-refractivity contribution in [2.75, 3.05) is 19.8 Å². The Balaban J connectivity index is 2.41. The molecule has 0 bridgehead atoms. The van der Waals surface area contributed by atoms with E-state index < -0.39 is 63.1 Å². The van der Waals surface area contributed by atoms with E-state index >= 15 is 0 Å². The Hall–Kier alpha value is -3.00. The van der Waals surface area contributed by atoms with E-state index in [1.165, 1.54) is 25.7 Å². The number of phosphoric ester groups is 1. The van der Waals surface area contributed by atoms with Crippen LogP contribution in [0.3, 0.4) is 0 Å². The standard InChI is InChI=1S/C54H89O12P/c1-3-5-7-9-11-13-15-17-19-21-22-23-24-25-26-27-28-30-32-34-36-38-40-42-44-63-45-47(46-64-67(61,62)66-54-52(59)50(57)49(56)51(58)53(54)60)65-48(55)43-41-39-37-35-33-31-29-20-18-16-14-12-10-8-6-4-2/h5,7,11,13-14,16-17,19-20,22-23,25-26,28-30,34,36,47,49-54,56-60H,3-4,6,8-10,12,15,18,21,24,27,31-33,35,37-46H2,1-2H3,(H,61,62)/b7-5-,13-11-,16-14-,19-17-,23-22-,26-25-,29-20-,30-28-,36-34-. The summed E-state index contributed by atoms with van der Waals surface area (Å²) in [6.07, 6.45) is 48.7. The number of hydrogen-bond acceptors (Lipinski definition) is 11. The van der Waals surface area contributed by atoms with Crippen LogP contribution in [0.25, 0.3) is 0 Å². The zero-order valence-corrected chi connectivity index (χ0v) is 41.8. The summed E-state index contributed by atoms with van der Waals surface area (Å²) in [5, 5.41) is 50.3. The quantitative estimate of drug-likeness (QED) is 0.0147. The Morgan fingerprint density at radius 3 is 1.34 bits per heavy atom. The Morgan fingerprint density at radius 2 is 0.881 bits per heavy atom. The fourth-order valence-electron chi connectivity index (χ4n) is 6.89. The number of aliphatic hydroxyl groups is 5. The van der Waals surface area contributed by atoms with Gasteiger partial charge in [-0.05, 0) is 103 Å². The number of esters is 1. The Kier molecular flexibility index (Phi) is 39.8. The van der Waals surface area contributed by atoms with Crippen LogP contribution in [0.2, 0.25) is 0 Å². The smallest absolute Gasteiger partial charge is 0.457 e. The molecule has 12 nitrogen and oxygen atoms in total. The highest BCUT2D eigenvalue weighted by molar-refractivity contribution is 7.47. The summed E-state index contributed by atoms with van der Waals surface area (Å²) in [7, 11) is -5.05. The number of hydrogen-bond donors (Lipinski definition) is 6. The molecule has 6 unspecified atom stereocenters. The lowest BCUT2D eigenvalue weighted by Crippen LogP contribution is -2.64. The van der Waals surface area contributed by atoms with Crippen LogP contribution in [0.5, 0.6) is 0 Å². The van der Waals surface area contributed by atoms with E-state index in [-0.39, 0.29) is 13.0 Å². The van der Waals surface area contributed by atoms with Crippen LogP contribution in [0.15, 0.2) is 109 Å². The molecule has 382 valence electrons. The van der Waals surface area contributed by atoms with Crippen LogP contribution in [-0.4, -0.2) is 98.9 Å². The monoisotopic (exact) mass is 961 g/mol. The summed E-state index contributed by atoms with van der Waals surface area (Å²) < 4.78 is 34.2. The van der Waals surface area contributed by atoms with Gasteiger partial charge >= 0.3 is 13.8 Å². The molecule has 0 aliphatic heterocycles. The largest absolute Gasteiger partial charge is 0.472 e. The molecule has 1 aliphatic carbocycles. The van der Waals surface area contributed by atoms with Gasteiger partial charge in [-0.15, -0.1) is 0 Å². The van der Waals surface area contributed by atoms with Crippen molar-refractivity contribution < 1.29 is 58.3 Å². The van der Waals surface area contributed by atoms with Crippen molar-refractivity contribution in [3.05, 3.63) is 109 Å². The van der Waals surface area contributed by atoms with Gasteiger partial charge in [-0.2, -0.15) is 0 Å². The number of carbonyl (C=O) groups excluding carboxylic acids is 1. The van der Waals surface area contributed by atoms with Gasteiger partial charge in [0, 0.05) is 13.0 Å². The van der Waals surface area contributed by atoms with Crippen LogP contribution in [0.1, 0.15) is 162 Å². The van der Waals surface area contributed by atoms with Crippen LogP contribution < -0.4 is 0 Å². The van der Waals surface area contributed by atoms with Gasteiger partial charge in [0.15, 0.2) is 0 Å². The van der Waals surface area contributed by atoms with E-state index in [0.717, 1.165) is 109 Å². The topological polar surface area (TPSA) is 192 Å². The van der Waals surface area contributed by atoms with Crippen molar-refractivity contribution >= 4 is 13.8 Å². The highest BCUT2D eigenvalue weighted by Crippen LogP contribution is 2.47. The first-order valence-electron chi connectivity index (χ1n) is 25.2.